The summed E-state index contributed by atoms with van der Waals surface area (Å²) in [6.07, 6.45) is 0.877. The first-order valence-electron chi connectivity index (χ1n) is 4.54. The number of halogens is 1. The Morgan fingerprint density at radius 3 is 2.31 bits per heavy atom. The quantitative estimate of drug-likeness (QED) is 0.687. The summed E-state index contributed by atoms with van der Waals surface area (Å²) in [6, 6.07) is 0. The molecule has 0 aliphatic rings. The summed E-state index contributed by atoms with van der Waals surface area (Å²) in [4.78, 5) is 4.42. The minimum Gasteiger partial charge on any atom is -0.444 e. The van der Waals surface area contributed by atoms with Crippen molar-refractivity contribution in [2.24, 2.45) is 0 Å². The van der Waals surface area contributed by atoms with Gasteiger partial charge in [0.15, 0.2) is 5.89 Å². The molecule has 1 aromatic heterocycles. The minimum atomic E-state index is -0.0335. The minimum absolute atomic E-state index is 0.0335. The van der Waals surface area contributed by atoms with Crippen molar-refractivity contribution in [2.75, 3.05) is 0 Å². The largest absolute Gasteiger partial charge is 0.444 e. The van der Waals surface area contributed by atoms with Gasteiger partial charge in [-0.15, -0.1) is 11.6 Å². The number of hydrogen-bond acceptors (Lipinski definition) is 2. The molecular weight excluding hydrogens is 186 g/mol. The molecule has 13 heavy (non-hydrogen) atoms. The molecule has 0 aliphatic heterocycles. The SMILES string of the molecule is CCc1nc(C(C)(C)C)oc1CCl. The number of rotatable bonds is 2. The van der Waals surface area contributed by atoms with Crippen LogP contribution in [0.4, 0.5) is 0 Å². The summed E-state index contributed by atoms with van der Waals surface area (Å²) in [7, 11) is 0. The second-order valence-electron chi connectivity index (χ2n) is 4.13. The van der Waals surface area contributed by atoms with E-state index in [2.05, 4.69) is 32.7 Å². The Balaban J connectivity index is 3.07. The highest BCUT2D eigenvalue weighted by Gasteiger charge is 2.22. The van der Waals surface area contributed by atoms with Crippen molar-refractivity contribution in [1.82, 2.24) is 4.98 Å². The van der Waals surface area contributed by atoms with Gasteiger partial charge >= 0.3 is 0 Å². The Morgan fingerprint density at radius 1 is 1.38 bits per heavy atom. The van der Waals surface area contributed by atoms with E-state index in [4.69, 9.17) is 16.0 Å². The molecule has 1 heterocycles. The second kappa shape index (κ2) is 3.70. The van der Waals surface area contributed by atoms with Crippen LogP contribution < -0.4 is 0 Å². The second-order valence-corrected chi connectivity index (χ2v) is 4.39. The summed E-state index contributed by atoms with van der Waals surface area (Å²) in [5.74, 6) is 2.00. The lowest BCUT2D eigenvalue weighted by molar-refractivity contribution is 0.378. The van der Waals surface area contributed by atoms with Crippen LogP contribution in [0.1, 0.15) is 45.0 Å². The third-order valence-corrected chi connectivity index (χ3v) is 2.12. The van der Waals surface area contributed by atoms with Gasteiger partial charge in [0, 0.05) is 5.41 Å². The first-order valence-corrected chi connectivity index (χ1v) is 5.07. The number of aryl methyl sites for hydroxylation is 1. The molecule has 0 radical (unpaired) electrons. The molecule has 0 amide bonds. The maximum atomic E-state index is 5.74. The number of hydrogen-bond donors (Lipinski definition) is 0. The topological polar surface area (TPSA) is 26.0 Å². The van der Waals surface area contributed by atoms with Crippen LogP contribution in [-0.4, -0.2) is 4.98 Å². The van der Waals surface area contributed by atoms with Crippen molar-refractivity contribution in [3.63, 3.8) is 0 Å². The Hall–Kier alpha value is -0.500. The molecule has 0 saturated carbocycles. The van der Waals surface area contributed by atoms with Crippen LogP contribution in [0.25, 0.3) is 0 Å². The molecule has 0 atom stereocenters. The molecule has 0 saturated heterocycles. The van der Waals surface area contributed by atoms with Gasteiger partial charge in [0.1, 0.15) is 5.76 Å². The highest BCUT2D eigenvalue weighted by Crippen LogP contribution is 2.25. The van der Waals surface area contributed by atoms with E-state index in [0.29, 0.717) is 5.88 Å². The molecule has 1 rings (SSSR count). The van der Waals surface area contributed by atoms with Crippen LogP contribution >= 0.6 is 11.6 Å². The van der Waals surface area contributed by atoms with Crippen LogP contribution in [0.3, 0.4) is 0 Å². The zero-order chi connectivity index (χ0) is 10.1. The molecule has 0 fully saturated rings. The third kappa shape index (κ3) is 2.25. The van der Waals surface area contributed by atoms with Gasteiger partial charge in [-0.2, -0.15) is 0 Å². The Morgan fingerprint density at radius 2 is 2.00 bits per heavy atom. The molecule has 3 heteroatoms. The van der Waals surface area contributed by atoms with Crippen LogP contribution in [0.15, 0.2) is 4.42 Å². The molecule has 0 unspecified atom stereocenters. The van der Waals surface area contributed by atoms with Crippen molar-refractivity contribution in [3.05, 3.63) is 17.3 Å². The standard InChI is InChI=1S/C10H16ClNO/c1-5-7-8(6-11)13-9(12-7)10(2,3)4/h5-6H2,1-4H3. The van der Waals surface area contributed by atoms with Crippen LogP contribution in [0.2, 0.25) is 0 Å². The molecule has 74 valence electrons. The number of nitrogens with zero attached hydrogens (tertiary/aromatic N) is 1. The predicted molar refractivity (Wildman–Crippen MR) is 54.1 cm³/mol. The lowest BCUT2D eigenvalue weighted by Gasteiger charge is -2.11. The fraction of sp³-hybridized carbons (Fsp3) is 0.700. The Bertz CT molecular complexity index is 264. The highest BCUT2D eigenvalue weighted by molar-refractivity contribution is 6.16. The lowest BCUT2D eigenvalue weighted by atomic mass is 9.97. The lowest BCUT2D eigenvalue weighted by Crippen LogP contribution is -2.11. The maximum Gasteiger partial charge on any atom is 0.200 e. The Kier molecular flexibility index (Phi) is 3.01. The molecule has 0 spiro atoms. The van der Waals surface area contributed by atoms with Gasteiger partial charge in [0.05, 0.1) is 11.6 Å². The monoisotopic (exact) mass is 201 g/mol. The van der Waals surface area contributed by atoms with Crippen molar-refractivity contribution < 1.29 is 4.42 Å². The number of oxazole rings is 1. The van der Waals surface area contributed by atoms with Gasteiger partial charge in [-0.1, -0.05) is 27.7 Å². The van der Waals surface area contributed by atoms with E-state index in [-0.39, 0.29) is 5.41 Å². The van der Waals surface area contributed by atoms with E-state index in [0.717, 1.165) is 23.8 Å². The van der Waals surface area contributed by atoms with Crippen molar-refractivity contribution in [3.8, 4) is 0 Å². The van der Waals surface area contributed by atoms with Crippen molar-refractivity contribution >= 4 is 11.6 Å². The Labute approximate surface area is 84.3 Å². The van der Waals surface area contributed by atoms with Crippen LogP contribution in [0, 0.1) is 0 Å². The summed E-state index contributed by atoms with van der Waals surface area (Å²) < 4.78 is 5.58. The fourth-order valence-corrected chi connectivity index (χ4v) is 1.29. The predicted octanol–water partition coefficient (Wildman–Crippen LogP) is 3.27. The molecular formula is C10H16ClNO. The molecule has 0 aliphatic carbocycles. The van der Waals surface area contributed by atoms with Crippen LogP contribution in [-0.2, 0) is 17.7 Å². The van der Waals surface area contributed by atoms with E-state index in [1.165, 1.54) is 0 Å². The average Bonchev–Trinajstić information content (AvgIpc) is 2.45. The van der Waals surface area contributed by atoms with E-state index in [9.17, 15) is 0 Å². The first kappa shape index (κ1) is 10.6. The molecule has 0 N–H and O–H groups in total. The van der Waals surface area contributed by atoms with Gasteiger partial charge in [-0.25, -0.2) is 4.98 Å². The van der Waals surface area contributed by atoms with Gasteiger partial charge in [-0.3, -0.25) is 0 Å². The van der Waals surface area contributed by atoms with E-state index in [1.807, 2.05) is 0 Å². The summed E-state index contributed by atoms with van der Waals surface area (Å²) in [5.41, 5.74) is 0.953. The van der Waals surface area contributed by atoms with Crippen LogP contribution in [0.5, 0.6) is 0 Å². The molecule has 0 aromatic carbocycles. The summed E-state index contributed by atoms with van der Waals surface area (Å²) in [6.45, 7) is 8.29. The normalized spacial score (nSPS) is 12.1. The molecule has 1 aromatic rings. The number of alkyl halides is 1. The average molecular weight is 202 g/mol. The first-order chi connectivity index (χ1) is 5.99. The van der Waals surface area contributed by atoms with E-state index in [1.54, 1.807) is 0 Å². The van der Waals surface area contributed by atoms with Crippen molar-refractivity contribution in [1.29, 1.82) is 0 Å². The fourth-order valence-electron chi connectivity index (χ4n) is 1.08. The van der Waals surface area contributed by atoms with Crippen molar-refractivity contribution in [2.45, 2.75) is 45.4 Å². The highest BCUT2D eigenvalue weighted by atomic mass is 35.5. The molecule has 0 bridgehead atoms. The summed E-state index contributed by atoms with van der Waals surface area (Å²) >= 11 is 5.74. The zero-order valence-corrected chi connectivity index (χ0v) is 9.40. The van der Waals surface area contributed by atoms with Gasteiger partial charge in [0.25, 0.3) is 0 Å². The maximum absolute atomic E-state index is 5.74. The third-order valence-electron chi connectivity index (χ3n) is 1.88. The zero-order valence-electron chi connectivity index (χ0n) is 8.65. The molecule has 2 nitrogen and oxygen atoms in total. The van der Waals surface area contributed by atoms with E-state index < -0.39 is 0 Å². The van der Waals surface area contributed by atoms with Gasteiger partial charge < -0.3 is 4.42 Å². The number of aromatic nitrogens is 1. The van der Waals surface area contributed by atoms with E-state index >= 15 is 0 Å². The van der Waals surface area contributed by atoms with Gasteiger partial charge in [-0.05, 0) is 6.42 Å². The smallest absolute Gasteiger partial charge is 0.200 e. The summed E-state index contributed by atoms with van der Waals surface area (Å²) in [5, 5.41) is 0. The van der Waals surface area contributed by atoms with Gasteiger partial charge in [0.2, 0.25) is 0 Å².